The van der Waals surface area contributed by atoms with Crippen molar-refractivity contribution in [2.75, 3.05) is 6.54 Å². The molecule has 1 rings (SSSR count). The summed E-state index contributed by atoms with van der Waals surface area (Å²) >= 11 is 0. The average Bonchev–Trinajstić information content (AvgIpc) is 2.62. The predicted octanol–water partition coefficient (Wildman–Crippen LogP) is 3.00. The third-order valence-corrected chi connectivity index (χ3v) is 3.49. The number of nitrogens with zero attached hydrogens (tertiary/aromatic N) is 2. The molecule has 1 aromatic rings. The number of hydrogen-bond acceptors (Lipinski definition) is 2. The summed E-state index contributed by atoms with van der Waals surface area (Å²) in [6.45, 7) is 12.4. The molecule has 1 unspecified atom stereocenters. The minimum atomic E-state index is 0.347. The van der Waals surface area contributed by atoms with Gasteiger partial charge in [-0.15, -0.1) is 0 Å². The lowest BCUT2D eigenvalue weighted by molar-refractivity contribution is 0.202. The van der Waals surface area contributed by atoms with Crippen molar-refractivity contribution in [2.24, 2.45) is 24.8 Å². The molecule has 1 heterocycles. The third-order valence-electron chi connectivity index (χ3n) is 3.49. The molecular formula is C14H27N3. The van der Waals surface area contributed by atoms with Crippen molar-refractivity contribution < 1.29 is 0 Å². The van der Waals surface area contributed by atoms with Crippen molar-refractivity contribution in [1.82, 2.24) is 14.9 Å². The molecule has 1 aromatic heterocycles. The van der Waals surface area contributed by atoms with Gasteiger partial charge in [0.15, 0.2) is 0 Å². The molecule has 3 heteroatoms. The summed E-state index contributed by atoms with van der Waals surface area (Å²) in [5, 5.41) is 3.61. The molecule has 0 aromatic carbocycles. The van der Waals surface area contributed by atoms with Crippen LogP contribution in [0.25, 0.3) is 0 Å². The zero-order valence-corrected chi connectivity index (χ0v) is 12.1. The third kappa shape index (κ3) is 3.32. The fourth-order valence-electron chi connectivity index (χ4n) is 2.84. The molecule has 1 N–H and O–H groups in total. The Morgan fingerprint density at radius 3 is 2.18 bits per heavy atom. The first-order valence-corrected chi connectivity index (χ1v) is 6.69. The van der Waals surface area contributed by atoms with Gasteiger partial charge in [-0.25, -0.2) is 4.98 Å². The molecule has 0 aliphatic heterocycles. The van der Waals surface area contributed by atoms with Crippen molar-refractivity contribution in [3.05, 3.63) is 18.2 Å². The Kier molecular flexibility index (Phi) is 5.19. The van der Waals surface area contributed by atoms with Crippen LogP contribution in [0.15, 0.2) is 12.4 Å². The van der Waals surface area contributed by atoms with Crippen LogP contribution in [0.3, 0.4) is 0 Å². The molecule has 17 heavy (non-hydrogen) atoms. The first kappa shape index (κ1) is 14.2. The van der Waals surface area contributed by atoms with E-state index in [-0.39, 0.29) is 0 Å². The molecule has 0 fully saturated rings. The van der Waals surface area contributed by atoms with Crippen LogP contribution < -0.4 is 5.32 Å². The molecule has 0 aliphatic carbocycles. The summed E-state index contributed by atoms with van der Waals surface area (Å²) in [6.07, 6.45) is 3.91. The van der Waals surface area contributed by atoms with Gasteiger partial charge < -0.3 is 9.88 Å². The van der Waals surface area contributed by atoms with Crippen LogP contribution in [0.1, 0.15) is 46.5 Å². The van der Waals surface area contributed by atoms with Crippen LogP contribution in [0.5, 0.6) is 0 Å². The Balaban J connectivity index is 3.02. The zero-order chi connectivity index (χ0) is 13.0. The average molecular weight is 237 g/mol. The van der Waals surface area contributed by atoms with E-state index >= 15 is 0 Å². The van der Waals surface area contributed by atoms with Gasteiger partial charge >= 0.3 is 0 Å². The smallest absolute Gasteiger partial charge is 0.125 e. The van der Waals surface area contributed by atoms with E-state index in [9.17, 15) is 0 Å². The zero-order valence-electron chi connectivity index (χ0n) is 12.1. The van der Waals surface area contributed by atoms with Crippen LogP contribution in [0.4, 0.5) is 0 Å². The minimum absolute atomic E-state index is 0.347. The summed E-state index contributed by atoms with van der Waals surface area (Å²) in [4.78, 5) is 4.52. The number of aryl methyl sites for hydroxylation is 1. The summed E-state index contributed by atoms with van der Waals surface area (Å²) in [5.41, 5.74) is 0. The van der Waals surface area contributed by atoms with Crippen LogP contribution in [0, 0.1) is 17.8 Å². The van der Waals surface area contributed by atoms with E-state index < -0.39 is 0 Å². The van der Waals surface area contributed by atoms with Gasteiger partial charge in [0.2, 0.25) is 0 Å². The summed E-state index contributed by atoms with van der Waals surface area (Å²) in [6, 6.07) is 0.347. The van der Waals surface area contributed by atoms with Crippen molar-refractivity contribution in [3.8, 4) is 0 Å². The van der Waals surface area contributed by atoms with Crippen LogP contribution in [0.2, 0.25) is 0 Å². The van der Waals surface area contributed by atoms with Gasteiger partial charge in [-0.2, -0.15) is 0 Å². The fraction of sp³-hybridized carbons (Fsp3) is 0.786. The molecule has 3 nitrogen and oxygen atoms in total. The standard InChI is InChI=1S/C14H27N3/c1-7-15-13(12(10(2)3)11(4)5)14-16-8-9-17(14)6/h8-13,15H,7H2,1-6H3. The summed E-state index contributed by atoms with van der Waals surface area (Å²) < 4.78 is 2.13. The van der Waals surface area contributed by atoms with Crippen molar-refractivity contribution >= 4 is 0 Å². The van der Waals surface area contributed by atoms with Crippen LogP contribution in [-0.2, 0) is 7.05 Å². The fourth-order valence-corrected chi connectivity index (χ4v) is 2.84. The van der Waals surface area contributed by atoms with Gasteiger partial charge in [-0.3, -0.25) is 0 Å². The molecule has 0 radical (unpaired) electrons. The summed E-state index contributed by atoms with van der Waals surface area (Å²) in [7, 11) is 2.07. The SMILES string of the molecule is CCNC(c1nccn1C)C(C(C)C)C(C)C. The second-order valence-corrected chi connectivity index (χ2v) is 5.50. The van der Waals surface area contributed by atoms with E-state index in [1.165, 1.54) is 0 Å². The monoisotopic (exact) mass is 237 g/mol. The van der Waals surface area contributed by atoms with Gasteiger partial charge in [-0.1, -0.05) is 34.6 Å². The Morgan fingerprint density at radius 1 is 1.24 bits per heavy atom. The highest BCUT2D eigenvalue weighted by Crippen LogP contribution is 2.32. The topological polar surface area (TPSA) is 29.9 Å². The first-order valence-electron chi connectivity index (χ1n) is 6.69. The number of nitrogens with one attached hydrogen (secondary N) is 1. The second-order valence-electron chi connectivity index (χ2n) is 5.50. The van der Waals surface area contributed by atoms with Gasteiger partial charge in [-0.05, 0) is 24.3 Å². The van der Waals surface area contributed by atoms with E-state index in [0.29, 0.717) is 23.8 Å². The number of aromatic nitrogens is 2. The Bertz CT molecular complexity index is 320. The van der Waals surface area contributed by atoms with Gasteiger partial charge in [0.1, 0.15) is 5.82 Å². The second kappa shape index (κ2) is 6.20. The molecular weight excluding hydrogens is 210 g/mol. The lowest BCUT2D eigenvalue weighted by Crippen LogP contribution is -2.35. The lowest BCUT2D eigenvalue weighted by atomic mass is 9.79. The van der Waals surface area contributed by atoms with Crippen LogP contribution in [-0.4, -0.2) is 16.1 Å². The molecule has 0 spiro atoms. The maximum absolute atomic E-state index is 4.52. The normalized spacial score (nSPS) is 13.9. The highest BCUT2D eigenvalue weighted by molar-refractivity contribution is 5.02. The largest absolute Gasteiger partial charge is 0.337 e. The number of imidazole rings is 1. The lowest BCUT2D eigenvalue weighted by Gasteiger charge is -2.33. The predicted molar refractivity (Wildman–Crippen MR) is 72.8 cm³/mol. The molecule has 0 amide bonds. The van der Waals surface area contributed by atoms with E-state index in [1.807, 2.05) is 12.4 Å². The van der Waals surface area contributed by atoms with E-state index in [1.54, 1.807) is 0 Å². The highest BCUT2D eigenvalue weighted by Gasteiger charge is 2.30. The highest BCUT2D eigenvalue weighted by atomic mass is 15.1. The quantitative estimate of drug-likeness (QED) is 0.824. The molecule has 0 saturated carbocycles. The van der Waals surface area contributed by atoms with Crippen molar-refractivity contribution in [1.29, 1.82) is 0 Å². The van der Waals surface area contributed by atoms with Gasteiger partial charge in [0.05, 0.1) is 6.04 Å². The Labute approximate surface area is 106 Å². The molecule has 0 aliphatic rings. The molecule has 98 valence electrons. The van der Waals surface area contributed by atoms with Gasteiger partial charge in [0, 0.05) is 19.4 Å². The van der Waals surface area contributed by atoms with Crippen molar-refractivity contribution in [3.63, 3.8) is 0 Å². The van der Waals surface area contributed by atoms with Crippen LogP contribution >= 0.6 is 0 Å². The number of rotatable bonds is 6. The molecule has 0 bridgehead atoms. The van der Waals surface area contributed by atoms with E-state index in [2.05, 4.69) is 56.5 Å². The maximum atomic E-state index is 4.52. The van der Waals surface area contributed by atoms with Crippen molar-refractivity contribution in [2.45, 2.75) is 40.7 Å². The molecule has 1 atom stereocenters. The van der Waals surface area contributed by atoms with Gasteiger partial charge in [0.25, 0.3) is 0 Å². The maximum Gasteiger partial charge on any atom is 0.125 e. The first-order chi connectivity index (χ1) is 7.99. The molecule has 0 saturated heterocycles. The minimum Gasteiger partial charge on any atom is -0.337 e. The Morgan fingerprint density at radius 2 is 1.82 bits per heavy atom. The van der Waals surface area contributed by atoms with E-state index in [0.717, 1.165) is 12.4 Å². The number of hydrogen-bond donors (Lipinski definition) is 1. The van der Waals surface area contributed by atoms with E-state index in [4.69, 9.17) is 0 Å². The summed E-state index contributed by atoms with van der Waals surface area (Å²) in [5.74, 6) is 3.06. The Hall–Kier alpha value is -0.830.